The van der Waals surface area contributed by atoms with Crippen LogP contribution in [0.25, 0.3) is 0 Å². The molecule has 3 aromatic carbocycles. The van der Waals surface area contributed by atoms with Crippen LogP contribution in [0.4, 0.5) is 5.69 Å². The lowest BCUT2D eigenvalue weighted by Gasteiger charge is -2.19. The Morgan fingerprint density at radius 1 is 1.00 bits per heavy atom. The van der Waals surface area contributed by atoms with Crippen LogP contribution >= 0.6 is 11.6 Å². The number of carbonyl (C=O) groups is 1. The van der Waals surface area contributed by atoms with E-state index in [1.807, 2.05) is 31.2 Å². The molecule has 0 aliphatic heterocycles. The molecule has 0 saturated heterocycles. The molecule has 0 aliphatic rings. The summed E-state index contributed by atoms with van der Waals surface area (Å²) in [5.74, 6) is 0.00616. The minimum Gasteiger partial charge on any atom is -0.476 e. The van der Waals surface area contributed by atoms with E-state index < -0.39 is 15.9 Å². The highest BCUT2D eigenvalue weighted by molar-refractivity contribution is 7.90. The predicted octanol–water partition coefficient (Wildman–Crippen LogP) is 4.81. The lowest BCUT2D eigenvalue weighted by atomic mass is 10.1. The molecule has 0 radical (unpaired) electrons. The van der Waals surface area contributed by atoms with Crippen LogP contribution in [0.1, 0.15) is 17.2 Å². The monoisotopic (exact) mass is 429 g/mol. The summed E-state index contributed by atoms with van der Waals surface area (Å²) < 4.78 is 29.2. The third kappa shape index (κ3) is 5.37. The zero-order valence-electron chi connectivity index (χ0n) is 15.9. The van der Waals surface area contributed by atoms with E-state index in [1.165, 1.54) is 24.3 Å². The van der Waals surface area contributed by atoms with Gasteiger partial charge in [0.2, 0.25) is 6.10 Å². The van der Waals surface area contributed by atoms with Crippen LogP contribution in [-0.4, -0.2) is 20.6 Å². The Balaban J connectivity index is 1.86. The molecule has 0 saturated carbocycles. The summed E-state index contributed by atoms with van der Waals surface area (Å²) in [4.78, 5) is 13.1. The van der Waals surface area contributed by atoms with E-state index in [2.05, 4.69) is 5.32 Å². The van der Waals surface area contributed by atoms with Crippen molar-refractivity contribution >= 4 is 33.0 Å². The first-order chi connectivity index (χ1) is 13.7. The molecular formula is C22H20ClNO4S. The molecule has 0 aliphatic carbocycles. The second-order valence-electron chi connectivity index (χ2n) is 6.61. The number of hydrogen-bond donors (Lipinski definition) is 1. The Hall–Kier alpha value is -2.83. The van der Waals surface area contributed by atoms with Crippen molar-refractivity contribution in [3.8, 4) is 5.75 Å². The van der Waals surface area contributed by atoms with Gasteiger partial charge in [-0.25, -0.2) is 8.42 Å². The van der Waals surface area contributed by atoms with Gasteiger partial charge in [0.1, 0.15) is 5.75 Å². The maximum atomic E-state index is 13.0. The van der Waals surface area contributed by atoms with E-state index in [4.69, 9.17) is 16.3 Å². The second kappa shape index (κ2) is 8.68. The predicted molar refractivity (Wildman–Crippen MR) is 114 cm³/mol. The van der Waals surface area contributed by atoms with Crippen molar-refractivity contribution in [2.75, 3.05) is 11.6 Å². The standard InChI is InChI=1S/C22H20ClNO4S/c1-15-8-9-17(14-20(15)23)24-22(25)21(16-6-4-3-5-7-16)28-18-10-12-19(13-11-18)29(2,26)27/h3-14,21H,1-2H3,(H,24,25). The van der Waals surface area contributed by atoms with E-state index in [9.17, 15) is 13.2 Å². The number of amides is 1. The summed E-state index contributed by atoms with van der Waals surface area (Å²) >= 11 is 6.14. The van der Waals surface area contributed by atoms with Crippen molar-refractivity contribution in [2.24, 2.45) is 0 Å². The highest BCUT2D eigenvalue weighted by Crippen LogP contribution is 2.26. The number of nitrogens with one attached hydrogen (secondary N) is 1. The number of rotatable bonds is 6. The number of hydrogen-bond acceptors (Lipinski definition) is 4. The minimum atomic E-state index is -3.31. The lowest BCUT2D eigenvalue weighted by Crippen LogP contribution is -2.25. The Kier molecular flexibility index (Phi) is 6.25. The fourth-order valence-electron chi connectivity index (χ4n) is 2.68. The Labute approximate surface area is 175 Å². The molecule has 5 nitrogen and oxygen atoms in total. The van der Waals surface area contributed by atoms with Crippen molar-refractivity contribution in [1.82, 2.24) is 0 Å². The zero-order chi connectivity index (χ0) is 21.0. The number of anilines is 1. The molecule has 1 N–H and O–H groups in total. The van der Waals surface area contributed by atoms with Crippen LogP contribution in [0.3, 0.4) is 0 Å². The molecule has 150 valence electrons. The average molecular weight is 430 g/mol. The van der Waals surface area contributed by atoms with E-state index in [1.54, 1.807) is 24.3 Å². The number of carbonyl (C=O) groups excluding carboxylic acids is 1. The third-order valence-corrected chi connectivity index (χ3v) is 5.82. The van der Waals surface area contributed by atoms with Gasteiger partial charge in [-0.1, -0.05) is 48.0 Å². The average Bonchev–Trinajstić information content (AvgIpc) is 2.69. The molecule has 0 fully saturated rings. The van der Waals surface area contributed by atoms with Gasteiger partial charge in [-0.3, -0.25) is 4.79 Å². The smallest absolute Gasteiger partial charge is 0.270 e. The maximum Gasteiger partial charge on any atom is 0.270 e. The van der Waals surface area contributed by atoms with Crippen molar-refractivity contribution in [3.05, 3.63) is 88.9 Å². The van der Waals surface area contributed by atoms with Crippen LogP contribution in [0.5, 0.6) is 5.75 Å². The Morgan fingerprint density at radius 3 is 2.24 bits per heavy atom. The molecule has 7 heteroatoms. The zero-order valence-corrected chi connectivity index (χ0v) is 17.5. The quantitative estimate of drug-likeness (QED) is 0.610. The van der Waals surface area contributed by atoms with Crippen molar-refractivity contribution in [3.63, 3.8) is 0 Å². The highest BCUT2D eigenvalue weighted by Gasteiger charge is 2.23. The van der Waals surface area contributed by atoms with Gasteiger partial charge in [0, 0.05) is 22.5 Å². The van der Waals surface area contributed by atoms with Crippen LogP contribution in [0, 0.1) is 6.92 Å². The van der Waals surface area contributed by atoms with Gasteiger partial charge in [0.15, 0.2) is 9.84 Å². The molecule has 0 bridgehead atoms. The van der Waals surface area contributed by atoms with E-state index in [0.29, 0.717) is 22.0 Å². The number of sulfone groups is 1. The normalized spacial score (nSPS) is 12.2. The largest absolute Gasteiger partial charge is 0.476 e. The highest BCUT2D eigenvalue weighted by atomic mass is 35.5. The summed E-state index contributed by atoms with van der Waals surface area (Å²) in [7, 11) is -3.31. The van der Waals surface area contributed by atoms with Gasteiger partial charge in [-0.2, -0.15) is 0 Å². The third-order valence-electron chi connectivity index (χ3n) is 4.29. The fourth-order valence-corrected chi connectivity index (χ4v) is 3.49. The Morgan fingerprint density at radius 2 is 1.66 bits per heavy atom. The molecule has 3 rings (SSSR count). The summed E-state index contributed by atoms with van der Waals surface area (Å²) in [5, 5.41) is 3.37. The molecule has 0 heterocycles. The van der Waals surface area contributed by atoms with Gasteiger partial charge in [-0.05, 0) is 48.9 Å². The van der Waals surface area contributed by atoms with Crippen LogP contribution in [-0.2, 0) is 14.6 Å². The molecule has 0 aromatic heterocycles. The maximum absolute atomic E-state index is 13.0. The van der Waals surface area contributed by atoms with Crippen molar-refractivity contribution in [1.29, 1.82) is 0 Å². The summed E-state index contributed by atoms with van der Waals surface area (Å²) in [6, 6.07) is 20.3. The lowest BCUT2D eigenvalue weighted by molar-refractivity contribution is -0.123. The van der Waals surface area contributed by atoms with Gasteiger partial charge >= 0.3 is 0 Å². The van der Waals surface area contributed by atoms with Crippen molar-refractivity contribution in [2.45, 2.75) is 17.9 Å². The van der Waals surface area contributed by atoms with E-state index in [0.717, 1.165) is 11.8 Å². The molecule has 1 unspecified atom stereocenters. The number of ether oxygens (including phenoxy) is 1. The number of benzene rings is 3. The topological polar surface area (TPSA) is 72.5 Å². The summed E-state index contributed by atoms with van der Waals surface area (Å²) in [6.45, 7) is 1.88. The fraction of sp³-hybridized carbons (Fsp3) is 0.136. The van der Waals surface area contributed by atoms with Gasteiger partial charge in [0.05, 0.1) is 4.90 Å². The molecule has 3 aromatic rings. The van der Waals surface area contributed by atoms with Gasteiger partial charge < -0.3 is 10.1 Å². The molecule has 0 spiro atoms. The minimum absolute atomic E-state index is 0.180. The summed E-state index contributed by atoms with van der Waals surface area (Å²) in [5.41, 5.74) is 2.13. The molecular weight excluding hydrogens is 410 g/mol. The molecule has 1 atom stereocenters. The van der Waals surface area contributed by atoms with Crippen molar-refractivity contribution < 1.29 is 17.9 Å². The number of aryl methyl sites for hydroxylation is 1. The van der Waals surface area contributed by atoms with Gasteiger partial charge in [0.25, 0.3) is 5.91 Å². The van der Waals surface area contributed by atoms with Crippen LogP contribution in [0.2, 0.25) is 5.02 Å². The number of halogens is 1. The first kappa shape index (κ1) is 20.9. The van der Waals surface area contributed by atoms with E-state index in [-0.39, 0.29) is 10.8 Å². The summed E-state index contributed by atoms with van der Waals surface area (Å²) in [6.07, 6.45) is 0.204. The first-order valence-corrected chi connectivity index (χ1v) is 11.1. The molecule has 29 heavy (non-hydrogen) atoms. The SMILES string of the molecule is Cc1ccc(NC(=O)C(Oc2ccc(S(C)(=O)=O)cc2)c2ccccc2)cc1Cl. The van der Waals surface area contributed by atoms with E-state index >= 15 is 0 Å². The van der Waals surface area contributed by atoms with Crippen LogP contribution < -0.4 is 10.1 Å². The first-order valence-electron chi connectivity index (χ1n) is 8.83. The van der Waals surface area contributed by atoms with Gasteiger partial charge in [-0.15, -0.1) is 0 Å². The molecule has 1 amide bonds. The Bertz CT molecular complexity index is 1110. The van der Waals surface area contributed by atoms with Crippen LogP contribution in [0.15, 0.2) is 77.7 Å². The second-order valence-corrected chi connectivity index (χ2v) is 9.03.